The van der Waals surface area contributed by atoms with Crippen molar-refractivity contribution in [1.82, 2.24) is 4.98 Å². The zero-order chi connectivity index (χ0) is 13.2. The van der Waals surface area contributed by atoms with Crippen LogP contribution >= 0.6 is 11.3 Å². The summed E-state index contributed by atoms with van der Waals surface area (Å²) in [7, 11) is 0. The third-order valence-corrected chi connectivity index (χ3v) is 4.15. The highest BCUT2D eigenvalue weighted by atomic mass is 32.1. The number of rotatable bonds is 3. The van der Waals surface area contributed by atoms with Crippen molar-refractivity contribution < 1.29 is 0 Å². The molecule has 0 bridgehead atoms. The molecule has 2 aromatic carbocycles. The minimum atomic E-state index is 0.267. The fourth-order valence-electron chi connectivity index (χ4n) is 2.11. The molecule has 0 aliphatic heterocycles. The molecular weight excluding hydrogens is 252 g/mol. The maximum atomic E-state index is 4.65. The number of benzene rings is 2. The zero-order valence-electron chi connectivity index (χ0n) is 11.1. The van der Waals surface area contributed by atoms with E-state index in [0.29, 0.717) is 0 Å². The fraction of sp³-hybridized carbons (Fsp3) is 0.188. The number of aromatic nitrogens is 1. The largest absolute Gasteiger partial charge is 0.355 e. The Morgan fingerprint density at radius 1 is 1.11 bits per heavy atom. The molecule has 3 aromatic rings. The van der Waals surface area contributed by atoms with E-state index >= 15 is 0 Å². The van der Waals surface area contributed by atoms with E-state index in [1.807, 2.05) is 6.07 Å². The number of nitrogens with one attached hydrogen (secondary N) is 1. The molecule has 1 heterocycles. The van der Waals surface area contributed by atoms with Crippen LogP contribution in [0.25, 0.3) is 10.2 Å². The van der Waals surface area contributed by atoms with Crippen LogP contribution in [-0.4, -0.2) is 4.98 Å². The highest BCUT2D eigenvalue weighted by Gasteiger charge is 2.08. The number of aryl methyl sites for hydroxylation is 1. The van der Waals surface area contributed by atoms with Crippen LogP contribution in [-0.2, 0) is 0 Å². The molecule has 1 atom stereocenters. The first-order valence-electron chi connectivity index (χ1n) is 6.41. The van der Waals surface area contributed by atoms with E-state index in [2.05, 4.69) is 66.6 Å². The zero-order valence-corrected chi connectivity index (χ0v) is 11.9. The standard InChI is InChI=1S/C16H16N2S/c1-11-8-9-15-14(10-11)18-16(19-15)17-12(2)13-6-4-3-5-7-13/h3-10,12H,1-2H3,(H,17,18). The molecule has 0 radical (unpaired) electrons. The van der Waals surface area contributed by atoms with Crippen molar-refractivity contribution in [2.75, 3.05) is 5.32 Å². The summed E-state index contributed by atoms with van der Waals surface area (Å²) in [5, 5.41) is 4.46. The SMILES string of the molecule is Cc1ccc2sc(NC(C)c3ccccc3)nc2c1. The molecule has 1 unspecified atom stereocenters. The average molecular weight is 268 g/mol. The summed E-state index contributed by atoms with van der Waals surface area (Å²) in [4.78, 5) is 4.65. The Morgan fingerprint density at radius 2 is 1.89 bits per heavy atom. The van der Waals surface area contributed by atoms with Gasteiger partial charge in [0.25, 0.3) is 0 Å². The summed E-state index contributed by atoms with van der Waals surface area (Å²) in [6.45, 7) is 4.26. The Hall–Kier alpha value is -1.87. The van der Waals surface area contributed by atoms with E-state index in [1.54, 1.807) is 11.3 Å². The number of anilines is 1. The van der Waals surface area contributed by atoms with Gasteiger partial charge in [0.05, 0.1) is 16.3 Å². The molecule has 0 saturated heterocycles. The highest BCUT2D eigenvalue weighted by molar-refractivity contribution is 7.22. The lowest BCUT2D eigenvalue weighted by molar-refractivity contribution is 0.883. The Morgan fingerprint density at radius 3 is 2.68 bits per heavy atom. The van der Waals surface area contributed by atoms with Crippen molar-refractivity contribution in [2.24, 2.45) is 0 Å². The van der Waals surface area contributed by atoms with E-state index in [-0.39, 0.29) is 6.04 Å². The summed E-state index contributed by atoms with van der Waals surface area (Å²) >= 11 is 1.71. The summed E-state index contributed by atoms with van der Waals surface area (Å²) in [5.74, 6) is 0. The van der Waals surface area contributed by atoms with Crippen molar-refractivity contribution in [2.45, 2.75) is 19.9 Å². The van der Waals surface area contributed by atoms with E-state index in [1.165, 1.54) is 15.8 Å². The van der Waals surface area contributed by atoms with E-state index in [4.69, 9.17) is 0 Å². The molecule has 0 fully saturated rings. The molecule has 0 aliphatic carbocycles. The van der Waals surface area contributed by atoms with Gasteiger partial charge in [-0.2, -0.15) is 0 Å². The topological polar surface area (TPSA) is 24.9 Å². The minimum absolute atomic E-state index is 0.267. The summed E-state index contributed by atoms with van der Waals surface area (Å²) < 4.78 is 1.23. The van der Waals surface area contributed by atoms with Crippen molar-refractivity contribution in [3.63, 3.8) is 0 Å². The Bertz CT molecular complexity index is 688. The third-order valence-electron chi connectivity index (χ3n) is 3.18. The van der Waals surface area contributed by atoms with Crippen LogP contribution in [0.4, 0.5) is 5.13 Å². The Labute approximate surface area is 117 Å². The van der Waals surface area contributed by atoms with Gasteiger partial charge < -0.3 is 5.32 Å². The molecule has 3 rings (SSSR count). The van der Waals surface area contributed by atoms with Gasteiger partial charge in [0.1, 0.15) is 0 Å². The van der Waals surface area contributed by atoms with Gasteiger partial charge in [0.2, 0.25) is 0 Å². The van der Waals surface area contributed by atoms with Crippen LogP contribution in [0.15, 0.2) is 48.5 Å². The molecule has 96 valence electrons. The predicted molar refractivity (Wildman–Crippen MR) is 82.8 cm³/mol. The molecule has 1 aromatic heterocycles. The Balaban J connectivity index is 1.85. The van der Waals surface area contributed by atoms with Gasteiger partial charge in [-0.25, -0.2) is 4.98 Å². The molecule has 0 saturated carbocycles. The van der Waals surface area contributed by atoms with Crippen molar-refractivity contribution in [3.8, 4) is 0 Å². The number of hydrogen-bond acceptors (Lipinski definition) is 3. The van der Waals surface area contributed by atoms with Crippen molar-refractivity contribution in [1.29, 1.82) is 0 Å². The van der Waals surface area contributed by atoms with Crippen LogP contribution in [0.5, 0.6) is 0 Å². The molecule has 19 heavy (non-hydrogen) atoms. The van der Waals surface area contributed by atoms with Crippen LogP contribution in [0.1, 0.15) is 24.1 Å². The first-order chi connectivity index (χ1) is 9.22. The molecule has 1 N–H and O–H groups in total. The molecular formula is C16H16N2S. The van der Waals surface area contributed by atoms with Gasteiger partial charge >= 0.3 is 0 Å². The average Bonchev–Trinajstić information content (AvgIpc) is 2.81. The molecule has 0 spiro atoms. The smallest absolute Gasteiger partial charge is 0.184 e. The number of hydrogen-bond donors (Lipinski definition) is 1. The summed E-state index contributed by atoms with van der Waals surface area (Å²) in [6.07, 6.45) is 0. The first-order valence-corrected chi connectivity index (χ1v) is 7.23. The maximum Gasteiger partial charge on any atom is 0.184 e. The predicted octanol–water partition coefficient (Wildman–Crippen LogP) is 4.78. The molecule has 3 heteroatoms. The normalized spacial score (nSPS) is 12.5. The van der Waals surface area contributed by atoms with E-state index < -0.39 is 0 Å². The second kappa shape index (κ2) is 5.02. The maximum absolute atomic E-state index is 4.65. The molecule has 2 nitrogen and oxygen atoms in total. The lowest BCUT2D eigenvalue weighted by Crippen LogP contribution is -2.05. The highest BCUT2D eigenvalue weighted by Crippen LogP contribution is 2.29. The van der Waals surface area contributed by atoms with Gasteiger partial charge in [-0.1, -0.05) is 47.7 Å². The van der Waals surface area contributed by atoms with Gasteiger partial charge in [0, 0.05) is 0 Å². The van der Waals surface area contributed by atoms with Gasteiger partial charge in [-0.3, -0.25) is 0 Å². The number of nitrogens with zero attached hydrogens (tertiary/aromatic N) is 1. The van der Waals surface area contributed by atoms with Crippen molar-refractivity contribution in [3.05, 3.63) is 59.7 Å². The van der Waals surface area contributed by atoms with E-state index in [9.17, 15) is 0 Å². The summed E-state index contributed by atoms with van der Waals surface area (Å²) in [5.41, 5.74) is 3.60. The minimum Gasteiger partial charge on any atom is -0.355 e. The van der Waals surface area contributed by atoms with Crippen molar-refractivity contribution >= 4 is 26.7 Å². The number of thiazole rings is 1. The second-order valence-corrected chi connectivity index (χ2v) is 5.80. The van der Waals surface area contributed by atoms with Gasteiger partial charge in [-0.05, 0) is 37.1 Å². The lowest BCUT2D eigenvalue weighted by atomic mass is 10.1. The summed E-state index contributed by atoms with van der Waals surface area (Å²) in [6, 6.07) is 17.1. The third kappa shape index (κ3) is 2.61. The van der Waals surface area contributed by atoms with Gasteiger partial charge in [0.15, 0.2) is 5.13 Å². The van der Waals surface area contributed by atoms with Crippen LogP contribution in [0.3, 0.4) is 0 Å². The quantitative estimate of drug-likeness (QED) is 0.739. The first kappa shape index (κ1) is 12.2. The van der Waals surface area contributed by atoms with Crippen LogP contribution < -0.4 is 5.32 Å². The van der Waals surface area contributed by atoms with Gasteiger partial charge in [-0.15, -0.1) is 0 Å². The Kier molecular flexibility index (Phi) is 3.22. The number of fused-ring (bicyclic) bond motifs is 1. The van der Waals surface area contributed by atoms with Crippen LogP contribution in [0.2, 0.25) is 0 Å². The monoisotopic (exact) mass is 268 g/mol. The second-order valence-electron chi connectivity index (χ2n) is 4.77. The lowest BCUT2D eigenvalue weighted by Gasteiger charge is -2.12. The molecule has 0 aliphatic rings. The van der Waals surface area contributed by atoms with E-state index in [0.717, 1.165) is 10.6 Å². The van der Waals surface area contributed by atoms with Crippen LogP contribution in [0, 0.1) is 6.92 Å². The molecule has 0 amide bonds. The fourth-order valence-corrected chi connectivity index (χ4v) is 3.04.